The van der Waals surface area contributed by atoms with Crippen molar-refractivity contribution in [3.8, 4) is 11.5 Å². The molecule has 3 rings (SSSR count). The normalized spacial score (nSPS) is 12.7. The molecule has 92 valence electrons. The van der Waals surface area contributed by atoms with Gasteiger partial charge < -0.3 is 9.47 Å². The lowest BCUT2D eigenvalue weighted by Gasteiger charge is -2.04. The molecule has 0 radical (unpaired) electrons. The predicted molar refractivity (Wildman–Crippen MR) is 71.2 cm³/mol. The van der Waals surface area contributed by atoms with E-state index in [2.05, 4.69) is 43.3 Å². The van der Waals surface area contributed by atoms with Gasteiger partial charge in [0.1, 0.15) is 0 Å². The Morgan fingerprint density at radius 3 is 2.33 bits per heavy atom. The third-order valence-corrected chi connectivity index (χ3v) is 3.26. The fraction of sp³-hybridized carbons (Fsp3) is 0.250. The number of hydrogen-bond acceptors (Lipinski definition) is 2. The van der Waals surface area contributed by atoms with E-state index in [-0.39, 0.29) is 0 Å². The van der Waals surface area contributed by atoms with Gasteiger partial charge in [0.05, 0.1) is 0 Å². The lowest BCUT2D eigenvalue weighted by atomic mass is 10.0. The summed E-state index contributed by atoms with van der Waals surface area (Å²) in [5.74, 6) is 1.73. The second-order valence-corrected chi connectivity index (χ2v) is 4.67. The van der Waals surface area contributed by atoms with Gasteiger partial charge >= 0.3 is 0 Å². The molecule has 0 saturated carbocycles. The van der Waals surface area contributed by atoms with E-state index in [1.165, 1.54) is 16.7 Å². The van der Waals surface area contributed by atoms with E-state index in [1.54, 1.807) is 0 Å². The summed E-state index contributed by atoms with van der Waals surface area (Å²) in [5, 5.41) is 0. The molecule has 2 aromatic carbocycles. The van der Waals surface area contributed by atoms with Crippen LogP contribution in [-0.4, -0.2) is 6.79 Å². The molecule has 0 aliphatic carbocycles. The number of ether oxygens (including phenoxy) is 2. The lowest BCUT2D eigenvalue weighted by Crippen LogP contribution is -1.93. The molecule has 0 N–H and O–H groups in total. The van der Waals surface area contributed by atoms with Gasteiger partial charge in [-0.05, 0) is 43.0 Å². The van der Waals surface area contributed by atoms with E-state index in [0.29, 0.717) is 6.79 Å². The first-order valence-electron chi connectivity index (χ1n) is 6.25. The van der Waals surface area contributed by atoms with Crippen molar-refractivity contribution in [3.63, 3.8) is 0 Å². The molecule has 18 heavy (non-hydrogen) atoms. The summed E-state index contributed by atoms with van der Waals surface area (Å²) in [5.41, 5.74) is 3.97. The Balaban J connectivity index is 1.68. The van der Waals surface area contributed by atoms with E-state index >= 15 is 0 Å². The molecule has 1 aliphatic heterocycles. The largest absolute Gasteiger partial charge is 0.454 e. The summed E-state index contributed by atoms with van der Waals surface area (Å²) in [6, 6.07) is 14.9. The third-order valence-electron chi connectivity index (χ3n) is 3.26. The van der Waals surface area contributed by atoms with Crippen LogP contribution in [0.15, 0.2) is 42.5 Å². The minimum absolute atomic E-state index is 0.344. The van der Waals surface area contributed by atoms with Crippen LogP contribution in [0.1, 0.15) is 16.7 Å². The zero-order valence-corrected chi connectivity index (χ0v) is 10.5. The van der Waals surface area contributed by atoms with E-state index in [9.17, 15) is 0 Å². The number of aryl methyl sites for hydroxylation is 3. The summed E-state index contributed by atoms with van der Waals surface area (Å²) in [7, 11) is 0. The zero-order valence-electron chi connectivity index (χ0n) is 10.5. The molecule has 2 nitrogen and oxygen atoms in total. The average Bonchev–Trinajstić information content (AvgIpc) is 2.85. The topological polar surface area (TPSA) is 18.5 Å². The average molecular weight is 240 g/mol. The first-order valence-corrected chi connectivity index (χ1v) is 6.25. The molecule has 0 saturated heterocycles. The molecule has 0 aromatic heterocycles. The van der Waals surface area contributed by atoms with Crippen LogP contribution < -0.4 is 9.47 Å². The van der Waals surface area contributed by atoms with Crippen molar-refractivity contribution in [2.75, 3.05) is 6.79 Å². The maximum atomic E-state index is 5.38. The predicted octanol–water partition coefficient (Wildman–Crippen LogP) is 3.51. The first-order chi connectivity index (χ1) is 8.81. The van der Waals surface area contributed by atoms with Crippen LogP contribution in [0.5, 0.6) is 11.5 Å². The number of hydrogen-bond donors (Lipinski definition) is 0. The van der Waals surface area contributed by atoms with Crippen LogP contribution in [0.3, 0.4) is 0 Å². The smallest absolute Gasteiger partial charge is 0.231 e. The van der Waals surface area contributed by atoms with Crippen LogP contribution in [0.25, 0.3) is 0 Å². The molecule has 0 spiro atoms. The summed E-state index contributed by atoms with van der Waals surface area (Å²) in [4.78, 5) is 0. The van der Waals surface area contributed by atoms with Gasteiger partial charge in [-0.3, -0.25) is 0 Å². The highest BCUT2D eigenvalue weighted by molar-refractivity contribution is 5.44. The Kier molecular flexibility index (Phi) is 2.93. The zero-order chi connectivity index (χ0) is 12.4. The van der Waals surface area contributed by atoms with Gasteiger partial charge in [0, 0.05) is 0 Å². The van der Waals surface area contributed by atoms with Crippen molar-refractivity contribution in [1.82, 2.24) is 0 Å². The first kappa shape index (κ1) is 11.1. The molecule has 0 amide bonds. The fourth-order valence-electron chi connectivity index (χ4n) is 2.14. The Morgan fingerprint density at radius 2 is 1.50 bits per heavy atom. The van der Waals surface area contributed by atoms with Crippen molar-refractivity contribution in [2.45, 2.75) is 19.8 Å². The van der Waals surface area contributed by atoms with Crippen molar-refractivity contribution in [3.05, 3.63) is 59.2 Å². The summed E-state index contributed by atoms with van der Waals surface area (Å²) in [6.07, 6.45) is 2.08. The summed E-state index contributed by atoms with van der Waals surface area (Å²) >= 11 is 0. The van der Waals surface area contributed by atoms with Gasteiger partial charge in [0.15, 0.2) is 11.5 Å². The number of benzene rings is 2. The standard InChI is InChI=1S/C16H16O2/c1-12-2-4-13(5-3-12)6-7-14-8-9-15-16(10-14)18-11-17-15/h2-5,8-10H,6-7,11H2,1H3. The highest BCUT2D eigenvalue weighted by Crippen LogP contribution is 2.32. The Morgan fingerprint density at radius 1 is 0.833 bits per heavy atom. The Hall–Kier alpha value is -1.96. The van der Waals surface area contributed by atoms with Crippen molar-refractivity contribution in [1.29, 1.82) is 0 Å². The molecular weight excluding hydrogens is 224 g/mol. The third kappa shape index (κ3) is 2.33. The van der Waals surface area contributed by atoms with Crippen LogP contribution in [0, 0.1) is 6.92 Å². The second kappa shape index (κ2) is 4.73. The van der Waals surface area contributed by atoms with Crippen molar-refractivity contribution < 1.29 is 9.47 Å². The second-order valence-electron chi connectivity index (χ2n) is 4.67. The quantitative estimate of drug-likeness (QED) is 0.817. The summed E-state index contributed by atoms with van der Waals surface area (Å²) in [6.45, 7) is 2.46. The summed E-state index contributed by atoms with van der Waals surface area (Å²) < 4.78 is 10.7. The van der Waals surface area contributed by atoms with Crippen LogP contribution in [0.2, 0.25) is 0 Å². The van der Waals surface area contributed by atoms with Crippen LogP contribution in [-0.2, 0) is 12.8 Å². The maximum Gasteiger partial charge on any atom is 0.231 e. The molecule has 0 unspecified atom stereocenters. The van der Waals surface area contributed by atoms with Crippen LogP contribution >= 0.6 is 0 Å². The van der Waals surface area contributed by atoms with Gasteiger partial charge in [0.25, 0.3) is 0 Å². The maximum absolute atomic E-state index is 5.38. The molecule has 1 aliphatic rings. The van der Waals surface area contributed by atoms with Gasteiger partial charge in [-0.15, -0.1) is 0 Å². The molecule has 2 heteroatoms. The fourth-order valence-corrected chi connectivity index (χ4v) is 2.14. The SMILES string of the molecule is Cc1ccc(CCc2ccc3c(c2)OCO3)cc1. The molecule has 0 bridgehead atoms. The van der Waals surface area contributed by atoms with Gasteiger partial charge in [0.2, 0.25) is 6.79 Å². The van der Waals surface area contributed by atoms with Gasteiger partial charge in [-0.1, -0.05) is 35.9 Å². The van der Waals surface area contributed by atoms with E-state index < -0.39 is 0 Å². The monoisotopic (exact) mass is 240 g/mol. The van der Waals surface area contributed by atoms with Gasteiger partial charge in [-0.25, -0.2) is 0 Å². The van der Waals surface area contributed by atoms with Crippen molar-refractivity contribution in [2.24, 2.45) is 0 Å². The Labute approximate surface area is 107 Å². The minimum atomic E-state index is 0.344. The van der Waals surface area contributed by atoms with Gasteiger partial charge in [-0.2, -0.15) is 0 Å². The molecule has 1 heterocycles. The minimum Gasteiger partial charge on any atom is -0.454 e. The lowest BCUT2D eigenvalue weighted by molar-refractivity contribution is 0.174. The molecule has 0 fully saturated rings. The highest BCUT2D eigenvalue weighted by Gasteiger charge is 2.12. The Bertz CT molecular complexity index is 544. The van der Waals surface area contributed by atoms with Crippen molar-refractivity contribution >= 4 is 0 Å². The molecule has 2 aromatic rings. The van der Waals surface area contributed by atoms with E-state index in [0.717, 1.165) is 24.3 Å². The van der Waals surface area contributed by atoms with E-state index in [4.69, 9.17) is 9.47 Å². The van der Waals surface area contributed by atoms with E-state index in [1.807, 2.05) is 6.07 Å². The molecular formula is C16H16O2. The number of fused-ring (bicyclic) bond motifs is 1. The number of rotatable bonds is 3. The van der Waals surface area contributed by atoms with Crippen LogP contribution in [0.4, 0.5) is 0 Å². The highest BCUT2D eigenvalue weighted by atomic mass is 16.7. The molecule has 0 atom stereocenters.